The molecule has 6 heterocycles. The van der Waals surface area contributed by atoms with Gasteiger partial charge in [0.25, 0.3) is 0 Å². The Hall–Kier alpha value is -8.09. The van der Waals surface area contributed by atoms with Crippen molar-refractivity contribution in [1.29, 1.82) is 0 Å². The van der Waals surface area contributed by atoms with Gasteiger partial charge in [-0.25, -0.2) is 67.0 Å². The molecule has 4 aromatic carbocycles. The molecule has 0 radical (unpaired) electrons. The number of fused-ring (bicyclic) bond motifs is 8. The number of H-pyrrole nitrogens is 2. The third-order valence-electron chi connectivity index (χ3n) is 13.0. The summed E-state index contributed by atoms with van der Waals surface area (Å²) in [6, 6.07) is 9.67. The van der Waals surface area contributed by atoms with Gasteiger partial charge in [-0.05, 0) is 78.8 Å². The van der Waals surface area contributed by atoms with Gasteiger partial charge in [0.05, 0.1) is 40.5 Å². The number of nitrogens with zero attached hydrogens (tertiary/aromatic N) is 2. The molecule has 390 valence electrons. The summed E-state index contributed by atoms with van der Waals surface area (Å²) in [6.07, 6.45) is -3.66. The first kappa shape index (κ1) is 51.4. The Morgan fingerprint density at radius 3 is 1.36 bits per heavy atom. The maximum absolute atomic E-state index is 16.5. The quantitative estimate of drug-likeness (QED) is 0.0499. The number of halogens is 13. The van der Waals surface area contributed by atoms with Crippen molar-refractivity contribution in [2.24, 2.45) is 0 Å². The molecule has 0 aliphatic carbocycles. The molecule has 0 amide bonds. The smallest absolute Gasteiger partial charge is 0.229 e. The number of aliphatic hydroxyl groups is 4. The summed E-state index contributed by atoms with van der Waals surface area (Å²) < 4.78 is 213. The normalized spacial score (nSPS) is 18.2. The maximum atomic E-state index is 16.5. The SMILES string of the molecule is C=Cc1c(C)c(-c2c3nc(c(-c4c(F)c(F)c(F)c(F)c4F)c4ccc([nH]4)c(-c4cccc(O[C@@H]5OC(CO)[C@@H](O)C(O)C5O)c4)c4nc(c(-c5c(F)c(F)c(F)c(F)c5F)c5ccc2[nH]5)C=C4)C=C3)c(F)c(F)c1F. The van der Waals surface area contributed by atoms with Crippen LogP contribution in [0, 0.1) is 82.5 Å². The zero-order valence-electron chi connectivity index (χ0n) is 38.2. The van der Waals surface area contributed by atoms with Gasteiger partial charge in [-0.15, -0.1) is 0 Å². The molecule has 0 saturated carbocycles. The first-order valence-electron chi connectivity index (χ1n) is 22.3. The number of rotatable bonds is 8. The van der Waals surface area contributed by atoms with Crippen LogP contribution in [0.4, 0.5) is 57.1 Å². The van der Waals surface area contributed by atoms with Crippen molar-refractivity contribution >= 4 is 52.4 Å². The number of hydrogen-bond donors (Lipinski definition) is 6. The van der Waals surface area contributed by atoms with Crippen LogP contribution < -0.4 is 4.74 Å². The minimum Gasteiger partial charge on any atom is -0.462 e. The molecule has 76 heavy (non-hydrogen) atoms. The molecule has 10 nitrogen and oxygen atoms in total. The van der Waals surface area contributed by atoms with Gasteiger partial charge in [-0.1, -0.05) is 24.8 Å². The van der Waals surface area contributed by atoms with Gasteiger partial charge in [0.15, 0.2) is 64.0 Å². The third kappa shape index (κ3) is 8.03. The highest BCUT2D eigenvalue weighted by molar-refractivity contribution is 6.00. The summed E-state index contributed by atoms with van der Waals surface area (Å²) >= 11 is 0. The van der Waals surface area contributed by atoms with Crippen LogP contribution in [0.3, 0.4) is 0 Å². The van der Waals surface area contributed by atoms with E-state index in [4.69, 9.17) is 9.47 Å². The topological polar surface area (TPSA) is 157 Å². The molecule has 10 rings (SSSR count). The average Bonchev–Trinajstić information content (AvgIpc) is 4.29. The van der Waals surface area contributed by atoms with E-state index in [9.17, 15) is 29.2 Å². The second-order valence-electron chi connectivity index (χ2n) is 17.3. The van der Waals surface area contributed by atoms with Crippen molar-refractivity contribution in [2.75, 3.05) is 6.61 Å². The minimum absolute atomic E-state index is 0.0229. The van der Waals surface area contributed by atoms with Crippen molar-refractivity contribution in [3.05, 3.63) is 165 Å². The highest BCUT2D eigenvalue weighted by atomic mass is 19.2. The molecule has 8 bridgehead atoms. The lowest BCUT2D eigenvalue weighted by Gasteiger charge is -2.39. The number of benzene rings is 4. The number of ether oxygens (including phenoxy) is 2. The Morgan fingerprint density at radius 2 is 0.908 bits per heavy atom. The van der Waals surface area contributed by atoms with E-state index in [1.54, 1.807) is 0 Å². The van der Waals surface area contributed by atoms with Crippen LogP contribution in [-0.4, -0.2) is 77.7 Å². The van der Waals surface area contributed by atoms with Gasteiger partial charge in [0.1, 0.15) is 30.2 Å². The molecule has 3 unspecified atom stereocenters. The van der Waals surface area contributed by atoms with Crippen molar-refractivity contribution < 1.29 is 87.0 Å². The van der Waals surface area contributed by atoms with Gasteiger partial charge in [0.2, 0.25) is 17.9 Å². The van der Waals surface area contributed by atoms with Crippen molar-refractivity contribution in [3.8, 4) is 50.3 Å². The molecule has 5 atom stereocenters. The van der Waals surface area contributed by atoms with E-state index in [-0.39, 0.29) is 33.7 Å². The van der Waals surface area contributed by atoms with Gasteiger partial charge in [-0.3, -0.25) is 0 Å². The van der Waals surface area contributed by atoms with E-state index in [2.05, 4.69) is 26.5 Å². The van der Waals surface area contributed by atoms with Crippen LogP contribution in [0.25, 0.3) is 97.0 Å². The van der Waals surface area contributed by atoms with Gasteiger partial charge >= 0.3 is 0 Å². The fraction of sp³-hybridized carbons (Fsp3) is 0.132. The molecule has 6 N–H and O–H groups in total. The number of aromatic amines is 2. The Morgan fingerprint density at radius 1 is 0.513 bits per heavy atom. The van der Waals surface area contributed by atoms with Crippen LogP contribution in [0.1, 0.15) is 33.9 Å². The van der Waals surface area contributed by atoms with E-state index in [1.165, 1.54) is 36.4 Å². The van der Waals surface area contributed by atoms with Gasteiger partial charge in [-0.2, -0.15) is 0 Å². The van der Waals surface area contributed by atoms with E-state index in [0.29, 0.717) is 0 Å². The van der Waals surface area contributed by atoms with Gasteiger partial charge in [0, 0.05) is 55.4 Å². The van der Waals surface area contributed by atoms with Crippen LogP contribution in [0.15, 0.2) is 55.1 Å². The Bertz CT molecular complexity index is 3770. The van der Waals surface area contributed by atoms with Crippen LogP contribution >= 0.6 is 0 Å². The predicted molar refractivity (Wildman–Crippen MR) is 249 cm³/mol. The highest BCUT2D eigenvalue weighted by Gasteiger charge is 2.45. The van der Waals surface area contributed by atoms with Crippen LogP contribution in [0.5, 0.6) is 5.75 Å². The first-order chi connectivity index (χ1) is 36.2. The van der Waals surface area contributed by atoms with Crippen molar-refractivity contribution in [1.82, 2.24) is 19.9 Å². The molecule has 3 aliphatic rings. The second-order valence-corrected chi connectivity index (χ2v) is 17.3. The summed E-state index contributed by atoms with van der Waals surface area (Å²) in [6.45, 7) is 3.75. The fourth-order valence-corrected chi connectivity index (χ4v) is 9.30. The molecule has 0 spiro atoms. The maximum Gasteiger partial charge on any atom is 0.229 e. The Labute approximate surface area is 417 Å². The fourth-order valence-electron chi connectivity index (χ4n) is 9.30. The van der Waals surface area contributed by atoms with E-state index < -0.39 is 186 Å². The summed E-state index contributed by atoms with van der Waals surface area (Å²) in [7, 11) is 0. The molecular formula is C53H31F13N4O6. The van der Waals surface area contributed by atoms with E-state index in [1.807, 2.05) is 0 Å². The van der Waals surface area contributed by atoms with Gasteiger partial charge < -0.3 is 39.9 Å². The Balaban J connectivity index is 1.38. The lowest BCUT2D eigenvalue weighted by atomic mass is 9.93. The highest BCUT2D eigenvalue weighted by Crippen LogP contribution is 2.44. The second kappa shape index (κ2) is 19.2. The zero-order valence-corrected chi connectivity index (χ0v) is 38.2. The predicted octanol–water partition coefficient (Wildman–Crippen LogP) is 11.3. The number of aromatic nitrogens is 4. The molecule has 3 aliphatic heterocycles. The van der Waals surface area contributed by atoms with E-state index >= 15 is 48.3 Å². The molecule has 7 aromatic rings. The summed E-state index contributed by atoms with van der Waals surface area (Å²) in [5.74, 6) is -29.8. The average molecular weight is 1070 g/mol. The number of aliphatic hydroxyl groups excluding tert-OH is 4. The largest absolute Gasteiger partial charge is 0.462 e. The minimum atomic E-state index is -2.53. The number of hydrogen-bond acceptors (Lipinski definition) is 8. The first-order valence-corrected chi connectivity index (χ1v) is 22.3. The monoisotopic (exact) mass is 1070 g/mol. The summed E-state index contributed by atoms with van der Waals surface area (Å²) in [4.78, 5) is 14.5. The zero-order chi connectivity index (χ0) is 54.5. The molecular weight excluding hydrogens is 1040 g/mol. The molecule has 1 saturated heterocycles. The molecule has 1 fully saturated rings. The van der Waals surface area contributed by atoms with E-state index in [0.717, 1.165) is 49.4 Å². The summed E-state index contributed by atoms with van der Waals surface area (Å²) in [5, 5.41) is 41.2. The Kier molecular flexibility index (Phi) is 13.0. The number of nitrogens with one attached hydrogen (secondary N) is 2. The summed E-state index contributed by atoms with van der Waals surface area (Å²) in [5.41, 5.74) is -10.7. The van der Waals surface area contributed by atoms with Crippen molar-refractivity contribution in [2.45, 2.75) is 37.6 Å². The van der Waals surface area contributed by atoms with Crippen LogP contribution in [0.2, 0.25) is 0 Å². The van der Waals surface area contributed by atoms with Crippen molar-refractivity contribution in [3.63, 3.8) is 0 Å². The third-order valence-corrected chi connectivity index (χ3v) is 13.0. The standard InChI is InChI=1S/C53H31F13N4O6/c1-3-20-17(2)30(38(55)43(60)37(20)54)32-23-11-13-27(69-23)33(35-39(56)44(61)48(65)45(62)40(35)57)25-9-7-21(67-25)31(18-5-4-6-19(15-18)75-53-52(74)51(73)50(72)29(16-71)76-53)22-8-10-26(68-22)34(28-14-12-24(32)70-28)36-41(58)46(63)49(66)47(64)42(36)59/h3-15,29,50-53,67,70-74H,1,16H2,2H3/t29?,50-,51?,52?,53-/m1/s1. The lowest BCUT2D eigenvalue weighted by molar-refractivity contribution is -0.277. The van der Waals surface area contributed by atoms with Crippen LogP contribution in [-0.2, 0) is 4.74 Å². The molecule has 23 heteroatoms. The lowest BCUT2D eigenvalue weighted by Crippen LogP contribution is -2.60. The molecule has 3 aromatic heterocycles.